The maximum atomic E-state index is 5.93. The first-order valence-electron chi connectivity index (χ1n) is 4.10. The summed E-state index contributed by atoms with van der Waals surface area (Å²) in [5.74, 6) is 0. The van der Waals surface area contributed by atoms with E-state index in [1.54, 1.807) is 12.4 Å². The van der Waals surface area contributed by atoms with E-state index < -0.39 is 0 Å². The molecule has 1 rings (SSSR count). The molecule has 70 valence electrons. The van der Waals surface area contributed by atoms with Gasteiger partial charge in [0.15, 0.2) is 0 Å². The van der Waals surface area contributed by atoms with Gasteiger partial charge >= 0.3 is 0 Å². The molecule has 1 unspecified atom stereocenters. The van der Waals surface area contributed by atoms with Crippen LogP contribution in [-0.4, -0.2) is 4.98 Å². The second-order valence-corrected chi connectivity index (χ2v) is 3.57. The van der Waals surface area contributed by atoms with E-state index >= 15 is 0 Å². The summed E-state index contributed by atoms with van der Waals surface area (Å²) in [6, 6.07) is 1.77. The lowest BCUT2D eigenvalue weighted by molar-refractivity contribution is 0.716. The predicted octanol–water partition coefficient (Wildman–Crippen LogP) is 2.70. The first kappa shape index (κ1) is 10.2. The number of halogens is 1. The summed E-state index contributed by atoms with van der Waals surface area (Å²) in [6.07, 6.45) is 4.05. The molecule has 0 spiro atoms. The Bertz CT molecular complexity index is 310. The molecule has 13 heavy (non-hydrogen) atoms. The van der Waals surface area contributed by atoms with Crippen molar-refractivity contribution in [1.82, 2.24) is 4.98 Å². The number of nitrogens with two attached hydrogens (primary N) is 1. The van der Waals surface area contributed by atoms with E-state index in [1.807, 2.05) is 13.0 Å². The Morgan fingerprint density at radius 1 is 1.77 bits per heavy atom. The van der Waals surface area contributed by atoms with Gasteiger partial charge in [0.1, 0.15) is 0 Å². The van der Waals surface area contributed by atoms with E-state index in [9.17, 15) is 0 Å². The molecular formula is C10H13ClN2. The summed E-state index contributed by atoms with van der Waals surface area (Å²) in [5, 5.41) is 0.622. The molecule has 0 aliphatic carbocycles. The van der Waals surface area contributed by atoms with Crippen molar-refractivity contribution in [2.24, 2.45) is 5.73 Å². The Morgan fingerprint density at radius 2 is 2.46 bits per heavy atom. The summed E-state index contributed by atoms with van der Waals surface area (Å²) in [6.45, 7) is 5.76. The molecule has 0 aromatic carbocycles. The minimum absolute atomic E-state index is 0.0759. The summed E-state index contributed by atoms with van der Waals surface area (Å²) in [7, 11) is 0. The summed E-state index contributed by atoms with van der Waals surface area (Å²) in [4.78, 5) is 3.90. The van der Waals surface area contributed by atoms with Crippen LogP contribution in [-0.2, 0) is 0 Å². The van der Waals surface area contributed by atoms with Crippen molar-refractivity contribution < 1.29 is 0 Å². The second-order valence-electron chi connectivity index (χ2n) is 3.16. The van der Waals surface area contributed by atoms with Gasteiger partial charge in [-0.25, -0.2) is 0 Å². The smallest absolute Gasteiger partial charge is 0.0637 e. The molecule has 1 atom stereocenters. The van der Waals surface area contributed by atoms with Crippen LogP contribution in [0.2, 0.25) is 5.02 Å². The van der Waals surface area contributed by atoms with Gasteiger partial charge in [-0.05, 0) is 25.0 Å². The first-order chi connectivity index (χ1) is 6.11. The number of nitrogens with zero attached hydrogens (tertiary/aromatic N) is 1. The molecule has 0 fully saturated rings. The number of rotatable bonds is 3. The van der Waals surface area contributed by atoms with Crippen molar-refractivity contribution in [3.05, 3.63) is 41.2 Å². The van der Waals surface area contributed by atoms with Crippen LogP contribution >= 0.6 is 11.6 Å². The average Bonchev–Trinajstić information content (AvgIpc) is 2.03. The van der Waals surface area contributed by atoms with Crippen LogP contribution in [0, 0.1) is 0 Å². The van der Waals surface area contributed by atoms with E-state index in [0.717, 1.165) is 17.6 Å². The van der Waals surface area contributed by atoms with E-state index in [1.165, 1.54) is 0 Å². The highest BCUT2D eigenvalue weighted by molar-refractivity contribution is 6.31. The fourth-order valence-electron chi connectivity index (χ4n) is 1.17. The highest BCUT2D eigenvalue weighted by Crippen LogP contribution is 2.23. The largest absolute Gasteiger partial charge is 0.324 e. The molecule has 0 radical (unpaired) electrons. The molecule has 3 heteroatoms. The topological polar surface area (TPSA) is 38.9 Å². The normalized spacial score (nSPS) is 12.5. The molecule has 2 nitrogen and oxygen atoms in total. The Kier molecular flexibility index (Phi) is 3.46. The SMILES string of the molecule is C=C(C)CC(N)c1ccncc1Cl. The van der Waals surface area contributed by atoms with Gasteiger partial charge in [0.05, 0.1) is 5.02 Å². The maximum absolute atomic E-state index is 5.93. The third-order valence-electron chi connectivity index (χ3n) is 1.77. The third-order valence-corrected chi connectivity index (χ3v) is 2.09. The van der Waals surface area contributed by atoms with Gasteiger partial charge in [0, 0.05) is 18.4 Å². The molecule has 0 bridgehead atoms. The van der Waals surface area contributed by atoms with Gasteiger partial charge in [0.2, 0.25) is 0 Å². The number of aromatic nitrogens is 1. The van der Waals surface area contributed by atoms with Gasteiger partial charge in [-0.2, -0.15) is 0 Å². The number of hydrogen-bond donors (Lipinski definition) is 1. The second kappa shape index (κ2) is 4.40. The van der Waals surface area contributed by atoms with Crippen molar-refractivity contribution in [3.8, 4) is 0 Å². The Labute approximate surface area is 83.4 Å². The van der Waals surface area contributed by atoms with Crippen molar-refractivity contribution in [1.29, 1.82) is 0 Å². The van der Waals surface area contributed by atoms with Gasteiger partial charge in [-0.3, -0.25) is 4.98 Å². The van der Waals surface area contributed by atoms with Crippen molar-refractivity contribution in [3.63, 3.8) is 0 Å². The summed E-state index contributed by atoms with van der Waals surface area (Å²) in [5.41, 5.74) is 7.91. The lowest BCUT2D eigenvalue weighted by Gasteiger charge is -2.12. The standard InChI is InChI=1S/C10H13ClN2/c1-7(2)5-10(12)8-3-4-13-6-9(8)11/h3-4,6,10H,1,5,12H2,2H3. The quantitative estimate of drug-likeness (QED) is 0.755. The maximum Gasteiger partial charge on any atom is 0.0637 e. The minimum Gasteiger partial charge on any atom is -0.324 e. The van der Waals surface area contributed by atoms with Crippen LogP contribution in [0.25, 0.3) is 0 Å². The zero-order valence-corrected chi connectivity index (χ0v) is 8.38. The molecule has 0 aliphatic heterocycles. The van der Waals surface area contributed by atoms with Crippen molar-refractivity contribution in [2.45, 2.75) is 19.4 Å². The third kappa shape index (κ3) is 2.83. The van der Waals surface area contributed by atoms with E-state index in [2.05, 4.69) is 11.6 Å². The van der Waals surface area contributed by atoms with Gasteiger partial charge in [-0.15, -0.1) is 6.58 Å². The number of pyridine rings is 1. The van der Waals surface area contributed by atoms with Crippen LogP contribution < -0.4 is 5.73 Å². The van der Waals surface area contributed by atoms with E-state index in [-0.39, 0.29) is 6.04 Å². The Morgan fingerprint density at radius 3 is 3.00 bits per heavy atom. The van der Waals surface area contributed by atoms with E-state index in [0.29, 0.717) is 5.02 Å². The molecule has 0 saturated carbocycles. The zero-order valence-electron chi connectivity index (χ0n) is 7.63. The average molecular weight is 197 g/mol. The minimum atomic E-state index is -0.0759. The van der Waals surface area contributed by atoms with E-state index in [4.69, 9.17) is 17.3 Å². The Balaban J connectivity index is 2.82. The molecule has 1 aromatic heterocycles. The molecule has 0 saturated heterocycles. The van der Waals surface area contributed by atoms with Gasteiger partial charge in [0.25, 0.3) is 0 Å². The van der Waals surface area contributed by atoms with Crippen LogP contribution in [0.4, 0.5) is 0 Å². The van der Waals surface area contributed by atoms with Crippen LogP contribution in [0.3, 0.4) is 0 Å². The van der Waals surface area contributed by atoms with Crippen molar-refractivity contribution >= 4 is 11.6 Å². The highest BCUT2D eigenvalue weighted by Gasteiger charge is 2.09. The fraction of sp³-hybridized carbons (Fsp3) is 0.300. The van der Waals surface area contributed by atoms with Crippen LogP contribution in [0.15, 0.2) is 30.6 Å². The Hall–Kier alpha value is -0.860. The molecular weight excluding hydrogens is 184 g/mol. The molecule has 2 N–H and O–H groups in total. The van der Waals surface area contributed by atoms with Gasteiger partial charge < -0.3 is 5.73 Å². The fourth-order valence-corrected chi connectivity index (χ4v) is 1.43. The molecule has 0 amide bonds. The molecule has 1 heterocycles. The predicted molar refractivity (Wildman–Crippen MR) is 55.6 cm³/mol. The highest BCUT2D eigenvalue weighted by atomic mass is 35.5. The van der Waals surface area contributed by atoms with Gasteiger partial charge in [-0.1, -0.05) is 17.2 Å². The molecule has 1 aromatic rings. The van der Waals surface area contributed by atoms with Crippen LogP contribution in [0.1, 0.15) is 24.9 Å². The lowest BCUT2D eigenvalue weighted by Crippen LogP contribution is -2.11. The number of hydrogen-bond acceptors (Lipinski definition) is 2. The molecule has 0 aliphatic rings. The van der Waals surface area contributed by atoms with Crippen LogP contribution in [0.5, 0.6) is 0 Å². The first-order valence-corrected chi connectivity index (χ1v) is 4.48. The zero-order chi connectivity index (χ0) is 9.84. The summed E-state index contributed by atoms with van der Waals surface area (Å²) >= 11 is 5.93. The summed E-state index contributed by atoms with van der Waals surface area (Å²) < 4.78 is 0. The van der Waals surface area contributed by atoms with Crippen molar-refractivity contribution in [2.75, 3.05) is 0 Å². The monoisotopic (exact) mass is 196 g/mol. The lowest BCUT2D eigenvalue weighted by atomic mass is 10.0.